The third-order valence-electron chi connectivity index (χ3n) is 6.13. The van der Waals surface area contributed by atoms with E-state index in [1.165, 1.54) is 0 Å². The molecule has 0 saturated heterocycles. The highest BCUT2D eigenvalue weighted by molar-refractivity contribution is 6.04. The maximum atomic E-state index is 13.7. The summed E-state index contributed by atoms with van der Waals surface area (Å²) in [6, 6.07) is 25.2. The molecule has 0 N–H and O–H groups in total. The number of ether oxygens (including phenoxy) is 1. The van der Waals surface area contributed by atoms with E-state index in [4.69, 9.17) is 14.7 Å². The summed E-state index contributed by atoms with van der Waals surface area (Å²) in [5.41, 5.74) is 4.71. The van der Waals surface area contributed by atoms with Crippen molar-refractivity contribution >= 4 is 39.4 Å². The van der Waals surface area contributed by atoms with Crippen LogP contribution in [0.1, 0.15) is 11.1 Å². The molecule has 6 rings (SSSR count). The first-order chi connectivity index (χ1) is 17.7. The van der Waals surface area contributed by atoms with E-state index in [0.717, 1.165) is 22.4 Å². The smallest absolute Gasteiger partial charge is 0.265 e. The molecule has 0 unspecified atom stereocenters. The molecule has 0 radical (unpaired) electrons. The molecule has 3 aromatic carbocycles. The SMILES string of the molecule is COc1ccc(CCn2cnc3c(c2=O)c2nc4ccccc4nc2n3/N=C/c2ccccc2)cc1. The molecule has 0 aliphatic carbocycles. The number of hydrogen-bond acceptors (Lipinski definition) is 6. The van der Waals surface area contributed by atoms with E-state index in [-0.39, 0.29) is 5.56 Å². The van der Waals surface area contributed by atoms with Crippen molar-refractivity contribution in [2.24, 2.45) is 5.10 Å². The van der Waals surface area contributed by atoms with Crippen LogP contribution in [0.2, 0.25) is 0 Å². The van der Waals surface area contributed by atoms with Crippen LogP contribution in [0.15, 0.2) is 95.1 Å². The molecule has 8 heteroatoms. The van der Waals surface area contributed by atoms with E-state index >= 15 is 0 Å². The third-order valence-corrected chi connectivity index (χ3v) is 6.13. The number of aromatic nitrogens is 5. The Hall–Kier alpha value is -4.85. The Morgan fingerprint density at radius 3 is 2.36 bits per heavy atom. The number of nitrogens with zero attached hydrogens (tertiary/aromatic N) is 6. The van der Waals surface area contributed by atoms with Crippen molar-refractivity contribution in [3.8, 4) is 5.75 Å². The lowest BCUT2D eigenvalue weighted by atomic mass is 10.1. The van der Waals surface area contributed by atoms with E-state index in [1.807, 2.05) is 78.9 Å². The van der Waals surface area contributed by atoms with E-state index in [0.29, 0.717) is 40.7 Å². The minimum absolute atomic E-state index is 0.170. The van der Waals surface area contributed by atoms with Gasteiger partial charge in [-0.2, -0.15) is 9.78 Å². The highest BCUT2D eigenvalue weighted by Crippen LogP contribution is 2.25. The molecule has 0 atom stereocenters. The molecule has 0 fully saturated rings. The summed E-state index contributed by atoms with van der Waals surface area (Å²) in [7, 11) is 1.64. The summed E-state index contributed by atoms with van der Waals surface area (Å²) in [6.45, 7) is 0.481. The number of rotatable bonds is 6. The van der Waals surface area contributed by atoms with Crippen LogP contribution in [0.5, 0.6) is 5.75 Å². The van der Waals surface area contributed by atoms with Crippen molar-refractivity contribution in [1.29, 1.82) is 0 Å². The van der Waals surface area contributed by atoms with E-state index in [2.05, 4.69) is 10.1 Å². The van der Waals surface area contributed by atoms with Crippen molar-refractivity contribution in [2.75, 3.05) is 7.11 Å². The van der Waals surface area contributed by atoms with Gasteiger partial charge in [-0.3, -0.25) is 9.36 Å². The Morgan fingerprint density at radius 1 is 0.889 bits per heavy atom. The van der Waals surface area contributed by atoms with Crippen LogP contribution >= 0.6 is 0 Å². The van der Waals surface area contributed by atoms with Crippen molar-refractivity contribution < 1.29 is 4.74 Å². The molecule has 0 aliphatic rings. The fourth-order valence-electron chi connectivity index (χ4n) is 4.23. The van der Waals surface area contributed by atoms with Gasteiger partial charge in [-0.1, -0.05) is 54.6 Å². The van der Waals surface area contributed by atoms with Gasteiger partial charge in [-0.05, 0) is 41.8 Å². The molecule has 0 saturated carbocycles. The predicted octanol–water partition coefficient (Wildman–Crippen LogP) is 4.43. The van der Waals surface area contributed by atoms with Crippen molar-refractivity contribution in [3.63, 3.8) is 0 Å². The molecule has 176 valence electrons. The van der Waals surface area contributed by atoms with Crippen LogP contribution in [-0.4, -0.2) is 37.5 Å². The van der Waals surface area contributed by atoms with Crippen molar-refractivity contribution in [2.45, 2.75) is 13.0 Å². The molecule has 0 bridgehead atoms. The average molecular weight is 475 g/mol. The van der Waals surface area contributed by atoms with Crippen LogP contribution in [0, 0.1) is 0 Å². The summed E-state index contributed by atoms with van der Waals surface area (Å²) in [5.74, 6) is 0.800. The maximum absolute atomic E-state index is 13.7. The third kappa shape index (κ3) is 3.88. The minimum Gasteiger partial charge on any atom is -0.497 e. The zero-order valence-electron chi connectivity index (χ0n) is 19.6. The first kappa shape index (κ1) is 21.7. The van der Waals surface area contributed by atoms with Gasteiger partial charge < -0.3 is 4.74 Å². The van der Waals surface area contributed by atoms with Crippen LogP contribution in [0.3, 0.4) is 0 Å². The van der Waals surface area contributed by atoms with Crippen molar-refractivity contribution in [3.05, 3.63) is 107 Å². The molecule has 3 heterocycles. The summed E-state index contributed by atoms with van der Waals surface area (Å²) in [4.78, 5) is 27.9. The molecule has 3 aromatic heterocycles. The summed E-state index contributed by atoms with van der Waals surface area (Å²) >= 11 is 0. The molecule has 6 aromatic rings. The lowest BCUT2D eigenvalue weighted by Gasteiger charge is -2.07. The number of aryl methyl sites for hydroxylation is 2. The van der Waals surface area contributed by atoms with Gasteiger partial charge >= 0.3 is 0 Å². The second-order valence-corrected chi connectivity index (χ2v) is 8.39. The van der Waals surface area contributed by atoms with Gasteiger partial charge in [-0.25, -0.2) is 15.0 Å². The normalized spacial score (nSPS) is 11.7. The van der Waals surface area contributed by atoms with Gasteiger partial charge in [0, 0.05) is 6.54 Å². The van der Waals surface area contributed by atoms with Crippen LogP contribution in [0.25, 0.3) is 33.2 Å². The van der Waals surface area contributed by atoms with Gasteiger partial charge in [-0.15, -0.1) is 0 Å². The van der Waals surface area contributed by atoms with Crippen molar-refractivity contribution in [1.82, 2.24) is 24.2 Å². The summed E-state index contributed by atoms with van der Waals surface area (Å²) in [5, 5.41) is 5.05. The second kappa shape index (κ2) is 9.07. The standard InChI is InChI=1S/C28H22N6O2/c1-36-21-13-11-19(12-14-21)15-16-33-18-29-26-24(28(33)35)25-27(32-23-10-6-5-9-22(23)31-25)34(26)30-17-20-7-3-2-4-8-20/h2-14,17-18H,15-16H2,1H3/b30-17+. The fourth-order valence-corrected chi connectivity index (χ4v) is 4.23. The number of methoxy groups -OCH3 is 1. The van der Waals surface area contributed by atoms with Crippen LogP contribution in [0.4, 0.5) is 0 Å². The number of hydrogen-bond donors (Lipinski definition) is 0. The average Bonchev–Trinajstić information content (AvgIpc) is 3.24. The molecular formula is C28H22N6O2. The van der Waals surface area contributed by atoms with E-state index in [1.54, 1.807) is 28.9 Å². The van der Waals surface area contributed by atoms with E-state index < -0.39 is 0 Å². The minimum atomic E-state index is -0.170. The molecule has 0 aliphatic heterocycles. The fraction of sp³-hybridized carbons (Fsp3) is 0.107. The first-order valence-electron chi connectivity index (χ1n) is 11.6. The first-order valence-corrected chi connectivity index (χ1v) is 11.6. The Morgan fingerprint density at radius 2 is 1.61 bits per heavy atom. The predicted molar refractivity (Wildman–Crippen MR) is 141 cm³/mol. The van der Waals surface area contributed by atoms with E-state index in [9.17, 15) is 4.79 Å². The lowest BCUT2D eigenvalue weighted by Crippen LogP contribution is -2.21. The largest absolute Gasteiger partial charge is 0.497 e. The van der Waals surface area contributed by atoms with Crippen LogP contribution < -0.4 is 10.3 Å². The number of para-hydroxylation sites is 2. The molecular weight excluding hydrogens is 452 g/mol. The highest BCUT2D eigenvalue weighted by atomic mass is 16.5. The maximum Gasteiger partial charge on any atom is 0.265 e. The van der Waals surface area contributed by atoms with Gasteiger partial charge in [0.05, 0.1) is 30.7 Å². The van der Waals surface area contributed by atoms with Gasteiger partial charge in [0.15, 0.2) is 11.3 Å². The van der Waals surface area contributed by atoms with Crippen LogP contribution in [-0.2, 0) is 13.0 Å². The molecule has 36 heavy (non-hydrogen) atoms. The molecule has 0 amide bonds. The Labute approximate surface area is 206 Å². The summed E-state index contributed by atoms with van der Waals surface area (Å²) in [6.07, 6.45) is 3.98. The quantitative estimate of drug-likeness (QED) is 0.333. The topological polar surface area (TPSA) is 87.2 Å². The van der Waals surface area contributed by atoms with Gasteiger partial charge in [0.2, 0.25) is 0 Å². The zero-order valence-corrected chi connectivity index (χ0v) is 19.6. The molecule has 0 spiro atoms. The Bertz CT molecular complexity index is 1790. The second-order valence-electron chi connectivity index (χ2n) is 8.39. The molecule has 8 nitrogen and oxygen atoms in total. The van der Waals surface area contributed by atoms with Gasteiger partial charge in [0.25, 0.3) is 5.56 Å². The summed E-state index contributed by atoms with van der Waals surface area (Å²) < 4.78 is 8.45. The monoisotopic (exact) mass is 474 g/mol. The number of fused-ring (bicyclic) bond motifs is 4. The Kier molecular flexibility index (Phi) is 5.46. The zero-order chi connectivity index (χ0) is 24.5. The highest BCUT2D eigenvalue weighted by Gasteiger charge is 2.19. The lowest BCUT2D eigenvalue weighted by molar-refractivity contribution is 0.414. The Balaban J connectivity index is 1.49. The number of benzene rings is 3. The van der Waals surface area contributed by atoms with Gasteiger partial charge in [0.1, 0.15) is 16.7 Å².